The zero-order chi connectivity index (χ0) is 9.68. The second-order valence-electron chi connectivity index (χ2n) is 4.28. The summed E-state index contributed by atoms with van der Waals surface area (Å²) in [5, 5.41) is 3.69. The van der Waals surface area contributed by atoms with Crippen LogP contribution in [-0.4, -0.2) is 18.0 Å². The van der Waals surface area contributed by atoms with Crippen molar-refractivity contribution in [3.05, 3.63) is 0 Å². The molecule has 1 saturated carbocycles. The molecular weight excluding hydrogens is 182 g/mol. The van der Waals surface area contributed by atoms with Gasteiger partial charge in [0.05, 0.1) is 0 Å². The second-order valence-corrected chi connectivity index (χ2v) is 4.59. The van der Waals surface area contributed by atoms with Crippen molar-refractivity contribution in [2.75, 3.05) is 5.88 Å². The Balaban J connectivity index is 2.35. The van der Waals surface area contributed by atoms with Gasteiger partial charge < -0.3 is 5.32 Å². The highest BCUT2D eigenvalue weighted by Crippen LogP contribution is 2.25. The number of rotatable bonds is 4. The molecule has 1 N–H and O–H groups in total. The van der Waals surface area contributed by atoms with Crippen molar-refractivity contribution in [2.24, 2.45) is 5.92 Å². The summed E-state index contributed by atoms with van der Waals surface area (Å²) in [4.78, 5) is 0. The van der Waals surface area contributed by atoms with Crippen molar-refractivity contribution < 1.29 is 0 Å². The molecule has 0 aromatic heterocycles. The number of hydrogen-bond acceptors (Lipinski definition) is 1. The minimum Gasteiger partial charge on any atom is -0.311 e. The first-order valence-corrected chi connectivity index (χ1v) is 6.13. The lowest BCUT2D eigenvalue weighted by Gasteiger charge is -2.33. The van der Waals surface area contributed by atoms with Crippen LogP contribution in [0, 0.1) is 5.92 Å². The molecule has 0 aromatic carbocycles. The van der Waals surface area contributed by atoms with Crippen molar-refractivity contribution in [2.45, 2.75) is 58.0 Å². The Labute approximate surface area is 87.2 Å². The SMILES string of the molecule is CCC(C)NC1CCCCC1CCl. The number of nitrogens with one attached hydrogen (secondary N) is 1. The Morgan fingerprint density at radius 3 is 2.69 bits per heavy atom. The van der Waals surface area contributed by atoms with Crippen molar-refractivity contribution in [3.63, 3.8) is 0 Å². The molecule has 1 fully saturated rings. The predicted molar refractivity (Wildman–Crippen MR) is 59.4 cm³/mol. The summed E-state index contributed by atoms with van der Waals surface area (Å²) in [6, 6.07) is 1.33. The van der Waals surface area contributed by atoms with Crippen molar-refractivity contribution in [3.8, 4) is 0 Å². The van der Waals surface area contributed by atoms with Crippen LogP contribution in [-0.2, 0) is 0 Å². The van der Waals surface area contributed by atoms with E-state index >= 15 is 0 Å². The summed E-state index contributed by atoms with van der Waals surface area (Å²) < 4.78 is 0. The van der Waals surface area contributed by atoms with E-state index in [0.717, 1.165) is 5.88 Å². The molecule has 1 aliphatic rings. The predicted octanol–water partition coefficient (Wildman–Crippen LogP) is 3.17. The van der Waals surface area contributed by atoms with Crippen molar-refractivity contribution >= 4 is 11.6 Å². The summed E-state index contributed by atoms with van der Waals surface area (Å²) in [6.45, 7) is 4.50. The van der Waals surface area contributed by atoms with Crippen molar-refractivity contribution in [1.29, 1.82) is 0 Å². The van der Waals surface area contributed by atoms with E-state index in [4.69, 9.17) is 11.6 Å². The summed E-state index contributed by atoms with van der Waals surface area (Å²) in [5.41, 5.74) is 0. The van der Waals surface area contributed by atoms with Crippen LogP contribution in [0.25, 0.3) is 0 Å². The third-order valence-corrected chi connectivity index (χ3v) is 3.61. The largest absolute Gasteiger partial charge is 0.311 e. The van der Waals surface area contributed by atoms with Gasteiger partial charge in [-0.15, -0.1) is 11.6 Å². The monoisotopic (exact) mass is 203 g/mol. The van der Waals surface area contributed by atoms with Crippen LogP contribution >= 0.6 is 11.6 Å². The van der Waals surface area contributed by atoms with Crippen LogP contribution in [0.5, 0.6) is 0 Å². The van der Waals surface area contributed by atoms with Crippen LogP contribution in [0.3, 0.4) is 0 Å². The quantitative estimate of drug-likeness (QED) is 0.693. The standard InChI is InChI=1S/C11H22ClN/c1-3-9(2)13-11-7-5-4-6-10(11)8-12/h9-11,13H,3-8H2,1-2H3. The van der Waals surface area contributed by atoms with Crippen LogP contribution in [0.2, 0.25) is 0 Å². The minimum absolute atomic E-state index is 0.647. The first kappa shape index (κ1) is 11.3. The maximum absolute atomic E-state index is 5.96. The molecule has 2 heteroatoms. The van der Waals surface area contributed by atoms with Gasteiger partial charge in [0.1, 0.15) is 0 Å². The molecule has 0 bridgehead atoms. The fourth-order valence-electron chi connectivity index (χ4n) is 2.10. The first-order chi connectivity index (χ1) is 6.27. The Morgan fingerprint density at radius 1 is 1.38 bits per heavy atom. The highest BCUT2D eigenvalue weighted by Gasteiger charge is 2.24. The molecule has 1 aliphatic carbocycles. The van der Waals surface area contributed by atoms with E-state index in [2.05, 4.69) is 19.2 Å². The lowest BCUT2D eigenvalue weighted by molar-refractivity contribution is 0.263. The number of hydrogen-bond donors (Lipinski definition) is 1. The van der Waals surface area contributed by atoms with Gasteiger partial charge in [0.2, 0.25) is 0 Å². The number of halogens is 1. The Hall–Kier alpha value is 0.250. The van der Waals surface area contributed by atoms with E-state index in [-0.39, 0.29) is 0 Å². The minimum atomic E-state index is 0.647. The molecular formula is C11H22ClN. The van der Waals surface area contributed by atoms with Gasteiger partial charge in [0.25, 0.3) is 0 Å². The van der Waals surface area contributed by atoms with Gasteiger partial charge in [0.15, 0.2) is 0 Å². The molecule has 3 atom stereocenters. The Bertz CT molecular complexity index is 138. The van der Waals surface area contributed by atoms with Gasteiger partial charge in [-0.25, -0.2) is 0 Å². The van der Waals surface area contributed by atoms with Gasteiger partial charge in [-0.3, -0.25) is 0 Å². The molecule has 1 rings (SSSR count). The van der Waals surface area contributed by atoms with Crippen molar-refractivity contribution in [1.82, 2.24) is 5.32 Å². The highest BCUT2D eigenvalue weighted by molar-refractivity contribution is 6.18. The van der Waals surface area contributed by atoms with E-state index in [1.807, 2.05) is 0 Å². The average molecular weight is 204 g/mol. The summed E-state index contributed by atoms with van der Waals surface area (Å²) in [5.74, 6) is 1.54. The topological polar surface area (TPSA) is 12.0 Å². The highest BCUT2D eigenvalue weighted by atomic mass is 35.5. The molecule has 0 aliphatic heterocycles. The smallest absolute Gasteiger partial charge is 0.0266 e. The zero-order valence-corrected chi connectivity index (χ0v) is 9.61. The molecule has 78 valence electrons. The van der Waals surface area contributed by atoms with E-state index in [1.165, 1.54) is 32.1 Å². The van der Waals surface area contributed by atoms with E-state index in [1.54, 1.807) is 0 Å². The number of alkyl halides is 1. The molecule has 1 nitrogen and oxygen atoms in total. The van der Waals surface area contributed by atoms with E-state index in [9.17, 15) is 0 Å². The summed E-state index contributed by atoms with van der Waals surface area (Å²) in [7, 11) is 0. The lowest BCUT2D eigenvalue weighted by atomic mass is 9.85. The van der Waals surface area contributed by atoms with Gasteiger partial charge in [0, 0.05) is 18.0 Å². The maximum atomic E-state index is 5.96. The van der Waals surface area contributed by atoms with Crippen LogP contribution in [0.4, 0.5) is 0 Å². The van der Waals surface area contributed by atoms with Gasteiger partial charge >= 0.3 is 0 Å². The van der Waals surface area contributed by atoms with Gasteiger partial charge in [-0.05, 0) is 32.1 Å². The van der Waals surface area contributed by atoms with Crippen LogP contribution < -0.4 is 5.32 Å². The molecule has 0 spiro atoms. The summed E-state index contributed by atoms with van der Waals surface area (Å²) >= 11 is 5.96. The van der Waals surface area contributed by atoms with Crippen LogP contribution in [0.15, 0.2) is 0 Å². The van der Waals surface area contributed by atoms with Crippen LogP contribution in [0.1, 0.15) is 46.0 Å². The molecule has 0 amide bonds. The maximum Gasteiger partial charge on any atom is 0.0266 e. The van der Waals surface area contributed by atoms with E-state index in [0.29, 0.717) is 18.0 Å². The van der Waals surface area contributed by atoms with Gasteiger partial charge in [-0.2, -0.15) is 0 Å². The normalized spacial score (nSPS) is 31.6. The molecule has 0 heterocycles. The zero-order valence-electron chi connectivity index (χ0n) is 8.85. The molecule has 0 radical (unpaired) electrons. The fourth-order valence-corrected chi connectivity index (χ4v) is 2.46. The van der Waals surface area contributed by atoms with Gasteiger partial charge in [-0.1, -0.05) is 19.8 Å². The summed E-state index contributed by atoms with van der Waals surface area (Å²) in [6.07, 6.45) is 6.60. The first-order valence-electron chi connectivity index (χ1n) is 5.60. The van der Waals surface area contributed by atoms with E-state index < -0.39 is 0 Å². The molecule has 0 aromatic rings. The average Bonchev–Trinajstić information content (AvgIpc) is 2.18. The molecule has 3 unspecified atom stereocenters. The second kappa shape index (κ2) is 5.87. The third kappa shape index (κ3) is 3.47. The lowest BCUT2D eigenvalue weighted by Crippen LogP contribution is -2.43. The molecule has 13 heavy (non-hydrogen) atoms. The Morgan fingerprint density at radius 2 is 2.08 bits per heavy atom. The molecule has 0 saturated heterocycles. The fraction of sp³-hybridized carbons (Fsp3) is 1.00. The third-order valence-electron chi connectivity index (χ3n) is 3.22. The Kier molecular flexibility index (Phi) is 5.12.